The number of rotatable bonds is 13. The van der Waals surface area contributed by atoms with Gasteiger partial charge in [0.05, 0.1) is 31.9 Å². The van der Waals surface area contributed by atoms with E-state index in [2.05, 4.69) is 5.32 Å². The third-order valence-electron chi connectivity index (χ3n) is 6.73. The molecule has 10 nitrogen and oxygen atoms in total. The van der Waals surface area contributed by atoms with Crippen LogP contribution in [0.3, 0.4) is 0 Å². The fraction of sp³-hybridized carbons (Fsp3) is 0.375. The Morgan fingerprint density at radius 1 is 0.886 bits per heavy atom. The number of hydrogen-bond acceptors (Lipinski definition) is 7. The molecular formula is C32H40FN3O7S. The van der Waals surface area contributed by atoms with Gasteiger partial charge in [-0.2, -0.15) is 0 Å². The zero-order valence-electron chi connectivity index (χ0n) is 26.1. The van der Waals surface area contributed by atoms with Crippen molar-refractivity contribution in [2.45, 2.75) is 57.1 Å². The van der Waals surface area contributed by atoms with Gasteiger partial charge < -0.3 is 24.4 Å². The predicted octanol–water partition coefficient (Wildman–Crippen LogP) is 4.77. The Balaban J connectivity index is 2.10. The first-order valence-corrected chi connectivity index (χ1v) is 15.4. The summed E-state index contributed by atoms with van der Waals surface area (Å²) < 4.78 is 58.8. The summed E-state index contributed by atoms with van der Waals surface area (Å²) in [5.41, 5.74) is 0.194. The fourth-order valence-electron chi connectivity index (χ4n) is 4.54. The van der Waals surface area contributed by atoms with E-state index in [4.69, 9.17) is 14.2 Å². The number of carbonyl (C=O) groups excluding carboxylic acids is 2. The van der Waals surface area contributed by atoms with E-state index in [1.165, 1.54) is 56.6 Å². The summed E-state index contributed by atoms with van der Waals surface area (Å²) in [6, 6.07) is 14.9. The van der Waals surface area contributed by atoms with Crippen molar-refractivity contribution in [3.8, 4) is 17.2 Å². The van der Waals surface area contributed by atoms with Crippen molar-refractivity contribution >= 4 is 27.5 Å². The lowest BCUT2D eigenvalue weighted by Crippen LogP contribution is -2.55. The number of nitrogens with zero attached hydrogens (tertiary/aromatic N) is 2. The highest BCUT2D eigenvalue weighted by atomic mass is 32.2. The van der Waals surface area contributed by atoms with Gasteiger partial charge in [0.1, 0.15) is 24.2 Å². The summed E-state index contributed by atoms with van der Waals surface area (Å²) in [6.45, 7) is 6.63. The smallest absolute Gasteiger partial charge is 0.264 e. The van der Waals surface area contributed by atoms with Gasteiger partial charge in [-0.1, -0.05) is 19.1 Å². The quantitative estimate of drug-likeness (QED) is 0.290. The number of hydrogen-bond donors (Lipinski definition) is 1. The van der Waals surface area contributed by atoms with Crippen LogP contribution in [0.15, 0.2) is 71.6 Å². The van der Waals surface area contributed by atoms with Crippen LogP contribution in [-0.4, -0.2) is 64.6 Å². The van der Waals surface area contributed by atoms with E-state index in [1.807, 2.05) is 20.8 Å². The highest BCUT2D eigenvalue weighted by Crippen LogP contribution is 2.32. The number of halogens is 1. The fourth-order valence-corrected chi connectivity index (χ4v) is 5.97. The van der Waals surface area contributed by atoms with Crippen LogP contribution < -0.4 is 23.8 Å². The minimum atomic E-state index is -4.41. The SMILES string of the molecule is CC[C@@H](C(=O)NC(C)(C)C)N(Cc1ccc(OC)cc1)C(=O)CN(c1ccc(F)cc1)S(=O)(=O)c1ccc(OC)c(OC)c1. The maximum absolute atomic E-state index is 14.2. The molecule has 3 aromatic carbocycles. The van der Waals surface area contributed by atoms with E-state index in [0.29, 0.717) is 17.1 Å². The van der Waals surface area contributed by atoms with Crippen LogP contribution in [-0.2, 0) is 26.2 Å². The topological polar surface area (TPSA) is 114 Å². The van der Waals surface area contributed by atoms with E-state index >= 15 is 0 Å². The van der Waals surface area contributed by atoms with Gasteiger partial charge in [0.15, 0.2) is 11.5 Å². The van der Waals surface area contributed by atoms with Crippen molar-refractivity contribution in [2.24, 2.45) is 0 Å². The number of nitrogens with one attached hydrogen (secondary N) is 1. The summed E-state index contributed by atoms with van der Waals surface area (Å²) >= 11 is 0. The molecule has 1 N–H and O–H groups in total. The zero-order valence-corrected chi connectivity index (χ0v) is 26.9. The van der Waals surface area contributed by atoms with Gasteiger partial charge in [0.2, 0.25) is 11.8 Å². The molecule has 1 atom stereocenters. The van der Waals surface area contributed by atoms with Crippen molar-refractivity contribution in [2.75, 3.05) is 32.2 Å². The average molecular weight is 630 g/mol. The maximum atomic E-state index is 14.2. The van der Waals surface area contributed by atoms with Crippen LogP contribution in [0.25, 0.3) is 0 Å². The number of methoxy groups -OCH3 is 3. The Labute approximate surface area is 258 Å². The first-order chi connectivity index (χ1) is 20.7. The summed E-state index contributed by atoms with van der Waals surface area (Å²) in [5.74, 6) is -0.479. The first kappa shape index (κ1) is 34.2. The summed E-state index contributed by atoms with van der Waals surface area (Å²) in [7, 11) is -0.0678. The zero-order chi connectivity index (χ0) is 32.7. The van der Waals surface area contributed by atoms with Gasteiger partial charge in [-0.3, -0.25) is 13.9 Å². The standard InChI is InChI=1S/C32H40FN3O7S/c1-8-27(31(38)34-32(2,3)4)35(20-22-9-15-25(41-5)16-10-22)30(37)21-36(24-13-11-23(33)12-14-24)44(39,40)26-17-18-28(42-6)29(19-26)43-7/h9-19,27H,8,20-21H2,1-7H3,(H,34,38)/t27-/m0/s1. The molecule has 0 bridgehead atoms. The highest BCUT2D eigenvalue weighted by molar-refractivity contribution is 7.92. The van der Waals surface area contributed by atoms with E-state index in [-0.39, 0.29) is 35.2 Å². The van der Waals surface area contributed by atoms with Gasteiger partial charge in [0, 0.05) is 18.2 Å². The van der Waals surface area contributed by atoms with Gasteiger partial charge in [-0.25, -0.2) is 12.8 Å². The number of benzene rings is 3. The molecule has 3 rings (SSSR count). The molecule has 0 saturated heterocycles. The van der Waals surface area contributed by atoms with E-state index < -0.39 is 39.9 Å². The van der Waals surface area contributed by atoms with Gasteiger partial charge in [-0.15, -0.1) is 0 Å². The van der Waals surface area contributed by atoms with Gasteiger partial charge >= 0.3 is 0 Å². The molecule has 44 heavy (non-hydrogen) atoms. The van der Waals surface area contributed by atoms with Crippen LogP contribution in [0.5, 0.6) is 17.2 Å². The largest absolute Gasteiger partial charge is 0.497 e. The van der Waals surface area contributed by atoms with E-state index in [9.17, 15) is 22.4 Å². The van der Waals surface area contributed by atoms with Crippen molar-refractivity contribution in [1.82, 2.24) is 10.2 Å². The molecule has 0 aromatic heterocycles. The number of sulfonamides is 1. The van der Waals surface area contributed by atoms with Crippen LogP contribution >= 0.6 is 0 Å². The molecule has 0 aliphatic rings. The maximum Gasteiger partial charge on any atom is 0.264 e. The third-order valence-corrected chi connectivity index (χ3v) is 8.50. The summed E-state index contributed by atoms with van der Waals surface area (Å²) in [6.07, 6.45) is 0.267. The minimum Gasteiger partial charge on any atom is -0.497 e. The van der Waals surface area contributed by atoms with Crippen LogP contribution in [0.2, 0.25) is 0 Å². The first-order valence-electron chi connectivity index (χ1n) is 14.0. The van der Waals surface area contributed by atoms with E-state index in [0.717, 1.165) is 16.4 Å². The molecule has 12 heteroatoms. The summed E-state index contributed by atoms with van der Waals surface area (Å²) in [4.78, 5) is 28.8. The number of ether oxygens (including phenoxy) is 3. The molecule has 0 radical (unpaired) electrons. The molecule has 0 aliphatic heterocycles. The van der Waals surface area contributed by atoms with Crippen molar-refractivity contribution in [3.63, 3.8) is 0 Å². The van der Waals surface area contributed by atoms with Gasteiger partial charge in [0.25, 0.3) is 10.0 Å². The predicted molar refractivity (Wildman–Crippen MR) is 166 cm³/mol. The minimum absolute atomic E-state index is 0.0204. The molecule has 3 aromatic rings. The Hall–Kier alpha value is -4.32. The normalized spacial score (nSPS) is 12.2. The molecule has 0 fully saturated rings. The second-order valence-corrected chi connectivity index (χ2v) is 12.9. The van der Waals surface area contributed by atoms with Crippen molar-refractivity contribution < 1.29 is 36.6 Å². The van der Waals surface area contributed by atoms with E-state index in [1.54, 1.807) is 31.2 Å². The van der Waals surface area contributed by atoms with Crippen molar-refractivity contribution in [1.29, 1.82) is 0 Å². The third kappa shape index (κ3) is 8.40. The molecule has 238 valence electrons. The lowest BCUT2D eigenvalue weighted by molar-refractivity contribution is -0.141. The Morgan fingerprint density at radius 2 is 1.50 bits per heavy atom. The van der Waals surface area contributed by atoms with Crippen LogP contribution in [0.1, 0.15) is 39.7 Å². The molecule has 0 spiro atoms. The summed E-state index contributed by atoms with van der Waals surface area (Å²) in [5, 5.41) is 2.93. The van der Waals surface area contributed by atoms with Crippen LogP contribution in [0.4, 0.5) is 10.1 Å². The molecule has 0 heterocycles. The number of amides is 2. The Bertz CT molecular complexity index is 1540. The van der Waals surface area contributed by atoms with Gasteiger partial charge in [-0.05, 0) is 81.3 Å². The average Bonchev–Trinajstić information content (AvgIpc) is 2.99. The molecule has 0 saturated carbocycles. The molecule has 2 amide bonds. The number of carbonyl (C=O) groups is 2. The molecular weight excluding hydrogens is 589 g/mol. The highest BCUT2D eigenvalue weighted by Gasteiger charge is 2.35. The number of anilines is 1. The second-order valence-electron chi connectivity index (χ2n) is 11.0. The monoisotopic (exact) mass is 629 g/mol. The lowest BCUT2D eigenvalue weighted by atomic mass is 10.1. The Morgan fingerprint density at radius 3 is 2.02 bits per heavy atom. The molecule has 0 unspecified atom stereocenters. The molecule has 0 aliphatic carbocycles. The van der Waals surface area contributed by atoms with Crippen molar-refractivity contribution in [3.05, 3.63) is 78.1 Å². The van der Waals surface area contributed by atoms with Crippen LogP contribution in [0, 0.1) is 5.82 Å². The Kier molecular flexibility index (Phi) is 11.2. The second kappa shape index (κ2) is 14.4. The lowest BCUT2D eigenvalue weighted by Gasteiger charge is -2.34.